The third-order valence-electron chi connectivity index (χ3n) is 5.15. The molecule has 0 spiro atoms. The molecule has 0 unspecified atom stereocenters. The second kappa shape index (κ2) is 9.90. The standard InChI is InChI=1S/C22H32O2Si/c1-5-6-9-18-22(24-19(2)23-3)25(4,20-14-10-7-11-15-20)21-16-12-8-13-17-21/h7-8,10-17,19,22H,5-6,9,18H2,1-4H3/t19-,22-/m0/s1. The number of benzene rings is 2. The van der Waals surface area contributed by atoms with Crippen LogP contribution in [0.1, 0.15) is 39.5 Å². The summed E-state index contributed by atoms with van der Waals surface area (Å²) in [5, 5.41) is 2.84. The summed E-state index contributed by atoms with van der Waals surface area (Å²) in [5.74, 6) is 0. The zero-order valence-corrected chi connectivity index (χ0v) is 17.1. The molecule has 0 saturated heterocycles. The molecule has 0 bridgehead atoms. The van der Waals surface area contributed by atoms with Crippen LogP contribution in [-0.2, 0) is 9.47 Å². The number of hydrogen-bond acceptors (Lipinski definition) is 2. The third-order valence-corrected chi connectivity index (χ3v) is 9.93. The first kappa shape index (κ1) is 19.9. The first-order valence-electron chi connectivity index (χ1n) is 9.42. The summed E-state index contributed by atoms with van der Waals surface area (Å²) in [5.41, 5.74) is 0.193. The lowest BCUT2D eigenvalue weighted by Crippen LogP contribution is -2.65. The van der Waals surface area contributed by atoms with Gasteiger partial charge in [0.2, 0.25) is 0 Å². The van der Waals surface area contributed by atoms with Gasteiger partial charge in [0.1, 0.15) is 8.07 Å². The zero-order chi connectivity index (χ0) is 18.1. The van der Waals surface area contributed by atoms with Crippen molar-refractivity contribution >= 4 is 18.4 Å². The van der Waals surface area contributed by atoms with E-state index in [2.05, 4.69) is 74.1 Å². The number of unbranched alkanes of at least 4 members (excludes halogenated alkanes) is 2. The molecule has 0 aromatic heterocycles. The molecule has 2 rings (SSSR count). The van der Waals surface area contributed by atoms with Crippen molar-refractivity contribution in [1.82, 2.24) is 0 Å². The van der Waals surface area contributed by atoms with Gasteiger partial charge in [0.15, 0.2) is 6.29 Å². The Morgan fingerprint density at radius 3 is 1.84 bits per heavy atom. The molecule has 2 aromatic rings. The minimum atomic E-state index is -2.06. The molecule has 2 aromatic carbocycles. The van der Waals surface area contributed by atoms with E-state index in [1.165, 1.54) is 29.6 Å². The molecule has 0 heterocycles. The van der Waals surface area contributed by atoms with Gasteiger partial charge in [-0.25, -0.2) is 0 Å². The van der Waals surface area contributed by atoms with Gasteiger partial charge in [0, 0.05) is 7.11 Å². The third kappa shape index (κ3) is 5.03. The predicted octanol–water partition coefficient (Wildman–Crippen LogP) is 4.38. The lowest BCUT2D eigenvalue weighted by molar-refractivity contribution is -0.126. The fraction of sp³-hybridized carbons (Fsp3) is 0.455. The van der Waals surface area contributed by atoms with E-state index in [1.54, 1.807) is 7.11 Å². The minimum absolute atomic E-state index is 0.189. The first-order chi connectivity index (χ1) is 12.1. The highest BCUT2D eigenvalue weighted by atomic mass is 28.3. The summed E-state index contributed by atoms with van der Waals surface area (Å²) in [4.78, 5) is 0. The molecular formula is C22H32O2Si. The maximum absolute atomic E-state index is 6.46. The van der Waals surface area contributed by atoms with Gasteiger partial charge in [-0.3, -0.25) is 0 Å². The molecular weight excluding hydrogens is 324 g/mol. The monoisotopic (exact) mass is 356 g/mol. The Bertz CT molecular complexity index is 560. The van der Waals surface area contributed by atoms with Gasteiger partial charge < -0.3 is 9.47 Å². The van der Waals surface area contributed by atoms with Crippen molar-refractivity contribution in [2.45, 2.75) is 58.1 Å². The van der Waals surface area contributed by atoms with Gasteiger partial charge >= 0.3 is 0 Å². The largest absolute Gasteiger partial charge is 0.356 e. The van der Waals surface area contributed by atoms with E-state index in [0.717, 1.165) is 6.42 Å². The second-order valence-corrected chi connectivity index (χ2v) is 11.1. The summed E-state index contributed by atoms with van der Waals surface area (Å²) in [6.07, 6.45) is 4.55. The van der Waals surface area contributed by atoms with E-state index in [1.807, 2.05) is 6.92 Å². The SMILES string of the molecule is CCCCC[C@@H](O[C@@H](C)OC)[Si](C)(c1ccccc1)c1ccccc1. The van der Waals surface area contributed by atoms with Crippen LogP contribution in [0.15, 0.2) is 60.7 Å². The summed E-state index contributed by atoms with van der Waals surface area (Å²) in [6.45, 7) is 6.69. The van der Waals surface area contributed by atoms with Crippen LogP contribution in [0.5, 0.6) is 0 Å². The van der Waals surface area contributed by atoms with Crippen LogP contribution in [0, 0.1) is 0 Å². The van der Waals surface area contributed by atoms with E-state index < -0.39 is 8.07 Å². The number of hydrogen-bond donors (Lipinski definition) is 0. The molecule has 2 nitrogen and oxygen atoms in total. The Kier molecular flexibility index (Phi) is 7.88. The van der Waals surface area contributed by atoms with Crippen LogP contribution in [0.25, 0.3) is 0 Å². The van der Waals surface area contributed by atoms with Gasteiger partial charge in [-0.15, -0.1) is 0 Å². The average molecular weight is 357 g/mol. The topological polar surface area (TPSA) is 18.5 Å². The fourth-order valence-corrected chi connectivity index (χ4v) is 7.56. The number of rotatable bonds is 10. The maximum Gasteiger partial charge on any atom is 0.154 e. The van der Waals surface area contributed by atoms with Crippen molar-refractivity contribution in [3.05, 3.63) is 60.7 Å². The Labute approximate surface area is 154 Å². The van der Waals surface area contributed by atoms with E-state index in [0.29, 0.717) is 0 Å². The smallest absolute Gasteiger partial charge is 0.154 e. The molecule has 0 aliphatic heterocycles. The molecule has 0 radical (unpaired) electrons. The Morgan fingerprint density at radius 1 is 0.880 bits per heavy atom. The van der Waals surface area contributed by atoms with Crippen LogP contribution in [0.3, 0.4) is 0 Å². The van der Waals surface area contributed by atoms with Gasteiger partial charge in [0.25, 0.3) is 0 Å². The van der Waals surface area contributed by atoms with E-state index >= 15 is 0 Å². The van der Waals surface area contributed by atoms with E-state index in [9.17, 15) is 0 Å². The quantitative estimate of drug-likeness (QED) is 0.357. The van der Waals surface area contributed by atoms with Gasteiger partial charge in [-0.1, -0.05) is 104 Å². The summed E-state index contributed by atoms with van der Waals surface area (Å²) in [7, 11) is -0.342. The summed E-state index contributed by atoms with van der Waals surface area (Å²) >= 11 is 0. The molecule has 136 valence electrons. The number of ether oxygens (including phenoxy) is 2. The average Bonchev–Trinajstić information content (AvgIpc) is 2.68. The van der Waals surface area contributed by atoms with Gasteiger partial charge in [-0.2, -0.15) is 0 Å². The maximum atomic E-state index is 6.46. The van der Waals surface area contributed by atoms with E-state index in [-0.39, 0.29) is 12.0 Å². The lowest BCUT2D eigenvalue weighted by atomic mass is 10.2. The molecule has 2 atom stereocenters. The van der Waals surface area contributed by atoms with Gasteiger partial charge in [0.05, 0.1) is 5.73 Å². The zero-order valence-electron chi connectivity index (χ0n) is 16.1. The lowest BCUT2D eigenvalue weighted by Gasteiger charge is -2.38. The highest BCUT2D eigenvalue weighted by molar-refractivity contribution is 7.02. The second-order valence-electron chi connectivity index (χ2n) is 6.86. The Morgan fingerprint density at radius 2 is 1.40 bits per heavy atom. The number of methoxy groups -OCH3 is 1. The van der Waals surface area contributed by atoms with Crippen LogP contribution in [0.4, 0.5) is 0 Å². The van der Waals surface area contributed by atoms with Crippen molar-refractivity contribution in [3.8, 4) is 0 Å². The molecule has 0 fully saturated rings. The van der Waals surface area contributed by atoms with Crippen LogP contribution in [0.2, 0.25) is 6.55 Å². The van der Waals surface area contributed by atoms with Crippen molar-refractivity contribution in [2.24, 2.45) is 0 Å². The molecule has 0 amide bonds. The molecule has 0 saturated carbocycles. The van der Waals surface area contributed by atoms with Crippen molar-refractivity contribution in [3.63, 3.8) is 0 Å². The highest BCUT2D eigenvalue weighted by Gasteiger charge is 2.41. The predicted molar refractivity (Wildman–Crippen MR) is 109 cm³/mol. The molecule has 25 heavy (non-hydrogen) atoms. The Hall–Kier alpha value is -1.42. The normalized spacial score (nSPS) is 14.2. The van der Waals surface area contributed by atoms with E-state index in [4.69, 9.17) is 9.47 Å². The molecule has 3 heteroatoms. The Balaban J connectivity index is 2.45. The molecule has 0 aliphatic carbocycles. The van der Waals surface area contributed by atoms with Crippen LogP contribution in [-0.4, -0.2) is 27.2 Å². The van der Waals surface area contributed by atoms with Gasteiger partial charge in [-0.05, 0) is 13.3 Å². The first-order valence-corrected chi connectivity index (χ1v) is 12.0. The summed E-state index contributed by atoms with van der Waals surface area (Å²) in [6, 6.07) is 21.8. The highest BCUT2D eigenvalue weighted by Crippen LogP contribution is 2.21. The van der Waals surface area contributed by atoms with Crippen LogP contribution >= 0.6 is 0 Å². The summed E-state index contributed by atoms with van der Waals surface area (Å²) < 4.78 is 11.9. The van der Waals surface area contributed by atoms with Crippen molar-refractivity contribution < 1.29 is 9.47 Å². The molecule has 0 aliphatic rings. The van der Waals surface area contributed by atoms with Crippen molar-refractivity contribution in [1.29, 1.82) is 0 Å². The van der Waals surface area contributed by atoms with Crippen LogP contribution < -0.4 is 10.4 Å². The van der Waals surface area contributed by atoms with Crippen molar-refractivity contribution in [2.75, 3.05) is 7.11 Å². The molecule has 0 N–H and O–H groups in total. The minimum Gasteiger partial charge on any atom is -0.356 e. The fourth-order valence-electron chi connectivity index (χ4n) is 3.47.